The maximum atomic E-state index is 4.71. The van der Waals surface area contributed by atoms with Gasteiger partial charge in [-0.05, 0) is 47.9 Å². The fourth-order valence-corrected chi connectivity index (χ4v) is 3.69. The fraction of sp³-hybridized carbons (Fsp3) is 0.312. The molecule has 0 saturated heterocycles. The Morgan fingerprint density at radius 1 is 1.15 bits per heavy atom. The number of rotatable bonds is 1. The summed E-state index contributed by atoms with van der Waals surface area (Å²) in [5.74, 6) is 1.78. The van der Waals surface area contributed by atoms with Gasteiger partial charge in [0.25, 0.3) is 0 Å². The van der Waals surface area contributed by atoms with E-state index in [0.29, 0.717) is 12.0 Å². The van der Waals surface area contributed by atoms with Gasteiger partial charge in [0, 0.05) is 15.9 Å². The predicted octanol–water partition coefficient (Wildman–Crippen LogP) is 5.14. The third-order valence-corrected chi connectivity index (χ3v) is 5.35. The van der Waals surface area contributed by atoms with Gasteiger partial charge < -0.3 is 5.32 Å². The Morgan fingerprint density at radius 3 is 2.70 bits per heavy atom. The fourth-order valence-electron chi connectivity index (χ4n) is 2.19. The van der Waals surface area contributed by atoms with Crippen LogP contribution in [0.25, 0.3) is 10.8 Å². The molecule has 0 bridgehead atoms. The minimum Gasteiger partial charge on any atom is -0.335 e. The molecule has 1 aliphatic heterocycles. The number of halogens is 1. The molecule has 20 heavy (non-hydrogen) atoms. The number of benzene rings is 2. The van der Waals surface area contributed by atoms with Crippen molar-refractivity contribution in [1.82, 2.24) is 0 Å². The van der Waals surface area contributed by atoms with Crippen LogP contribution in [0.5, 0.6) is 0 Å². The van der Waals surface area contributed by atoms with Gasteiger partial charge in [-0.2, -0.15) is 0 Å². The molecule has 104 valence electrons. The highest BCUT2D eigenvalue weighted by atomic mass is 79.9. The summed E-state index contributed by atoms with van der Waals surface area (Å²) >= 11 is 5.31. The number of hydrogen-bond acceptors (Lipinski definition) is 3. The number of anilines is 1. The molecule has 0 fully saturated rings. The van der Waals surface area contributed by atoms with Crippen molar-refractivity contribution in [3.63, 3.8) is 0 Å². The third-order valence-electron chi connectivity index (χ3n) is 3.68. The van der Waals surface area contributed by atoms with Crippen molar-refractivity contribution in [3.05, 3.63) is 40.9 Å². The predicted molar refractivity (Wildman–Crippen MR) is 93.8 cm³/mol. The molecule has 1 N–H and O–H groups in total. The van der Waals surface area contributed by atoms with E-state index in [2.05, 4.69) is 71.5 Å². The standard InChI is InChI=1S/C16H17BrN2S/c1-10-9-20-16(18-11(10)2)19-15-6-4-12-7-14(17)5-3-13(12)8-15/h3-8,10-11H,9H2,1-2H3,(H,18,19). The molecule has 0 aliphatic carbocycles. The number of nitrogens with one attached hydrogen (secondary N) is 1. The summed E-state index contributed by atoms with van der Waals surface area (Å²) in [6, 6.07) is 13.2. The highest BCUT2D eigenvalue weighted by molar-refractivity contribution is 9.10. The minimum atomic E-state index is 0.398. The monoisotopic (exact) mass is 348 g/mol. The van der Waals surface area contributed by atoms with Crippen LogP contribution >= 0.6 is 27.7 Å². The summed E-state index contributed by atoms with van der Waals surface area (Å²) < 4.78 is 1.11. The van der Waals surface area contributed by atoms with Crippen LogP contribution in [0.2, 0.25) is 0 Å². The molecule has 3 rings (SSSR count). The summed E-state index contributed by atoms with van der Waals surface area (Å²) in [6.07, 6.45) is 0. The van der Waals surface area contributed by atoms with E-state index < -0.39 is 0 Å². The van der Waals surface area contributed by atoms with Crippen molar-refractivity contribution in [2.45, 2.75) is 19.9 Å². The maximum Gasteiger partial charge on any atom is 0.161 e. The van der Waals surface area contributed by atoms with Crippen molar-refractivity contribution < 1.29 is 0 Å². The second kappa shape index (κ2) is 5.78. The van der Waals surface area contributed by atoms with Crippen LogP contribution in [0.1, 0.15) is 13.8 Å². The summed E-state index contributed by atoms with van der Waals surface area (Å²) in [6.45, 7) is 4.44. The van der Waals surface area contributed by atoms with Gasteiger partial charge in [-0.1, -0.05) is 46.7 Å². The maximum absolute atomic E-state index is 4.71. The number of nitrogens with zero attached hydrogens (tertiary/aromatic N) is 1. The van der Waals surface area contributed by atoms with Gasteiger partial charge in [-0.15, -0.1) is 0 Å². The lowest BCUT2D eigenvalue weighted by molar-refractivity contribution is 0.537. The summed E-state index contributed by atoms with van der Waals surface area (Å²) in [5, 5.41) is 6.95. The van der Waals surface area contributed by atoms with E-state index in [1.807, 2.05) is 11.8 Å². The molecule has 1 heterocycles. The van der Waals surface area contributed by atoms with Crippen molar-refractivity contribution >= 4 is 49.3 Å². The lowest BCUT2D eigenvalue weighted by Crippen LogP contribution is -2.25. The van der Waals surface area contributed by atoms with E-state index in [-0.39, 0.29) is 0 Å². The Bertz CT molecular complexity index is 669. The van der Waals surface area contributed by atoms with Gasteiger partial charge in [-0.3, -0.25) is 4.99 Å². The molecular weight excluding hydrogens is 332 g/mol. The SMILES string of the molecule is CC1CSC(Nc2ccc3cc(Br)ccc3c2)=NC1C. The smallest absolute Gasteiger partial charge is 0.161 e. The zero-order chi connectivity index (χ0) is 14.1. The Balaban J connectivity index is 1.84. The molecule has 2 nitrogen and oxygen atoms in total. The summed E-state index contributed by atoms with van der Waals surface area (Å²) in [5.41, 5.74) is 1.10. The van der Waals surface area contributed by atoms with Gasteiger partial charge in [-0.25, -0.2) is 0 Å². The largest absolute Gasteiger partial charge is 0.335 e. The first kappa shape index (κ1) is 14.0. The molecule has 0 aromatic heterocycles. The van der Waals surface area contributed by atoms with Crippen LogP contribution < -0.4 is 5.32 Å². The molecule has 2 unspecified atom stereocenters. The number of hydrogen-bond donors (Lipinski definition) is 1. The Morgan fingerprint density at radius 2 is 1.90 bits per heavy atom. The molecule has 0 amide bonds. The van der Waals surface area contributed by atoms with E-state index in [1.54, 1.807) is 0 Å². The highest BCUT2D eigenvalue weighted by Crippen LogP contribution is 2.26. The molecule has 2 aromatic carbocycles. The average molecular weight is 349 g/mol. The number of fused-ring (bicyclic) bond motifs is 1. The Labute approximate surface area is 132 Å². The lowest BCUT2D eigenvalue weighted by atomic mass is 10.1. The van der Waals surface area contributed by atoms with Gasteiger partial charge >= 0.3 is 0 Å². The first-order valence-electron chi connectivity index (χ1n) is 6.79. The average Bonchev–Trinajstić information content (AvgIpc) is 2.43. The van der Waals surface area contributed by atoms with Crippen LogP contribution in [0.4, 0.5) is 5.69 Å². The van der Waals surface area contributed by atoms with E-state index in [0.717, 1.165) is 21.1 Å². The Hall–Kier alpha value is -1.00. The quantitative estimate of drug-likeness (QED) is 0.771. The van der Waals surface area contributed by atoms with Crippen molar-refractivity contribution in [2.24, 2.45) is 10.9 Å². The molecular formula is C16H17BrN2S. The molecule has 4 heteroatoms. The van der Waals surface area contributed by atoms with Crippen LogP contribution in [-0.2, 0) is 0 Å². The van der Waals surface area contributed by atoms with Crippen molar-refractivity contribution in [1.29, 1.82) is 0 Å². The number of thioether (sulfide) groups is 1. The zero-order valence-corrected chi connectivity index (χ0v) is 14.0. The first-order valence-corrected chi connectivity index (χ1v) is 8.56. The summed E-state index contributed by atoms with van der Waals surface area (Å²) in [4.78, 5) is 4.71. The normalized spacial score (nSPS) is 22.6. The first-order chi connectivity index (χ1) is 9.61. The zero-order valence-electron chi connectivity index (χ0n) is 11.6. The van der Waals surface area contributed by atoms with Gasteiger partial charge in [0.2, 0.25) is 0 Å². The van der Waals surface area contributed by atoms with Crippen LogP contribution in [-0.4, -0.2) is 17.0 Å². The molecule has 0 radical (unpaired) electrons. The minimum absolute atomic E-state index is 0.398. The molecule has 2 aromatic rings. The van der Waals surface area contributed by atoms with Gasteiger partial charge in [0.05, 0.1) is 6.04 Å². The van der Waals surface area contributed by atoms with Crippen LogP contribution in [0.3, 0.4) is 0 Å². The molecule has 0 spiro atoms. The topological polar surface area (TPSA) is 24.4 Å². The van der Waals surface area contributed by atoms with Crippen LogP contribution in [0, 0.1) is 5.92 Å². The molecule has 0 saturated carbocycles. The van der Waals surface area contributed by atoms with E-state index in [4.69, 9.17) is 4.99 Å². The second-order valence-corrected chi connectivity index (χ2v) is 7.22. The highest BCUT2D eigenvalue weighted by Gasteiger charge is 2.19. The van der Waals surface area contributed by atoms with E-state index in [9.17, 15) is 0 Å². The lowest BCUT2D eigenvalue weighted by Gasteiger charge is -2.23. The molecule has 2 atom stereocenters. The van der Waals surface area contributed by atoms with E-state index in [1.165, 1.54) is 10.8 Å². The van der Waals surface area contributed by atoms with Crippen molar-refractivity contribution in [2.75, 3.05) is 11.1 Å². The number of amidine groups is 1. The van der Waals surface area contributed by atoms with Gasteiger partial charge in [0.15, 0.2) is 5.17 Å². The van der Waals surface area contributed by atoms with E-state index >= 15 is 0 Å². The second-order valence-electron chi connectivity index (χ2n) is 5.29. The van der Waals surface area contributed by atoms with Gasteiger partial charge in [0.1, 0.15) is 0 Å². The number of aliphatic imine (C=N–C) groups is 1. The van der Waals surface area contributed by atoms with Crippen LogP contribution in [0.15, 0.2) is 45.9 Å². The van der Waals surface area contributed by atoms with Crippen molar-refractivity contribution in [3.8, 4) is 0 Å². The Kier molecular flexibility index (Phi) is 4.03. The summed E-state index contributed by atoms with van der Waals surface area (Å²) in [7, 11) is 0. The molecule has 1 aliphatic rings. The third kappa shape index (κ3) is 3.01.